The molecule has 0 bridgehead atoms. The highest BCUT2D eigenvalue weighted by atomic mass is 19.1. The van der Waals surface area contributed by atoms with Crippen LogP contribution in [0.1, 0.15) is 22.3 Å². The topological polar surface area (TPSA) is 49.4 Å². The number of nitrogens with one attached hydrogen (secondary N) is 1. The first-order valence-corrected chi connectivity index (χ1v) is 10.6. The van der Waals surface area contributed by atoms with Gasteiger partial charge in [0.2, 0.25) is 5.91 Å². The smallest absolute Gasteiger partial charge is 0.254 e. The molecule has 0 aromatic heterocycles. The van der Waals surface area contributed by atoms with Crippen LogP contribution in [0.3, 0.4) is 0 Å². The zero-order valence-electron chi connectivity index (χ0n) is 17.6. The summed E-state index contributed by atoms with van der Waals surface area (Å²) in [7, 11) is 0. The summed E-state index contributed by atoms with van der Waals surface area (Å²) in [4.78, 5) is 26.6. The highest BCUT2D eigenvalue weighted by Crippen LogP contribution is 2.23. The Morgan fingerprint density at radius 2 is 1.69 bits per heavy atom. The van der Waals surface area contributed by atoms with Gasteiger partial charge in [-0.3, -0.25) is 9.59 Å². The first-order valence-electron chi connectivity index (χ1n) is 10.6. The fourth-order valence-electron chi connectivity index (χ4n) is 3.97. The Kier molecular flexibility index (Phi) is 6.59. The molecule has 2 amide bonds. The van der Waals surface area contributed by atoms with E-state index in [4.69, 9.17) is 0 Å². The number of halogens is 2. The van der Waals surface area contributed by atoms with E-state index in [-0.39, 0.29) is 23.2 Å². The molecule has 1 aliphatic rings. The molecule has 4 nitrogen and oxygen atoms in total. The number of amides is 2. The summed E-state index contributed by atoms with van der Waals surface area (Å²) in [6.45, 7) is 1.54. The van der Waals surface area contributed by atoms with Crippen molar-refractivity contribution in [3.63, 3.8) is 0 Å². The highest BCUT2D eigenvalue weighted by Gasteiger charge is 2.29. The molecule has 32 heavy (non-hydrogen) atoms. The van der Waals surface area contributed by atoms with E-state index < -0.39 is 11.7 Å². The minimum absolute atomic E-state index is 0.00349. The largest absolute Gasteiger partial charge is 0.352 e. The van der Waals surface area contributed by atoms with Gasteiger partial charge in [0.05, 0.1) is 5.56 Å². The summed E-state index contributed by atoms with van der Waals surface area (Å²) in [6.07, 6.45) is 1.17. The molecule has 1 saturated heterocycles. The van der Waals surface area contributed by atoms with Crippen molar-refractivity contribution >= 4 is 11.8 Å². The number of nitrogens with zero attached hydrogens (tertiary/aromatic N) is 1. The molecule has 3 aromatic carbocycles. The molecule has 0 saturated carbocycles. The number of likely N-dealkylation sites (tertiary alicyclic amines) is 1. The third-order valence-electron chi connectivity index (χ3n) is 5.75. The first kappa shape index (κ1) is 21.7. The normalized spacial score (nSPS) is 15.8. The summed E-state index contributed by atoms with van der Waals surface area (Å²) in [6, 6.07) is 20.0. The van der Waals surface area contributed by atoms with Crippen LogP contribution < -0.4 is 5.32 Å². The van der Waals surface area contributed by atoms with Crippen molar-refractivity contribution in [2.24, 2.45) is 5.92 Å². The van der Waals surface area contributed by atoms with Crippen LogP contribution in [0.5, 0.6) is 0 Å². The van der Waals surface area contributed by atoms with Gasteiger partial charge in [0.15, 0.2) is 0 Å². The summed E-state index contributed by atoms with van der Waals surface area (Å²) >= 11 is 0. The van der Waals surface area contributed by atoms with Gasteiger partial charge in [0.25, 0.3) is 5.91 Å². The van der Waals surface area contributed by atoms with Gasteiger partial charge in [0, 0.05) is 32.0 Å². The van der Waals surface area contributed by atoms with Crippen LogP contribution in [0.25, 0.3) is 11.1 Å². The number of benzene rings is 3. The van der Waals surface area contributed by atoms with Crippen LogP contribution >= 0.6 is 0 Å². The molecule has 6 heteroatoms. The molecule has 0 unspecified atom stereocenters. The average molecular weight is 434 g/mol. The van der Waals surface area contributed by atoms with E-state index in [1.165, 1.54) is 29.8 Å². The maximum atomic E-state index is 14.6. The minimum Gasteiger partial charge on any atom is -0.352 e. The van der Waals surface area contributed by atoms with Gasteiger partial charge in [-0.05, 0) is 47.4 Å². The fourth-order valence-corrected chi connectivity index (χ4v) is 3.97. The molecule has 1 N–H and O–H groups in total. The highest BCUT2D eigenvalue weighted by molar-refractivity contribution is 5.95. The monoisotopic (exact) mass is 434 g/mol. The summed E-state index contributed by atoms with van der Waals surface area (Å²) in [5.74, 6) is -1.44. The van der Waals surface area contributed by atoms with Crippen LogP contribution in [-0.4, -0.2) is 36.3 Å². The van der Waals surface area contributed by atoms with Crippen LogP contribution in [0.2, 0.25) is 0 Å². The van der Waals surface area contributed by atoms with Crippen molar-refractivity contribution in [1.82, 2.24) is 10.2 Å². The maximum Gasteiger partial charge on any atom is 0.254 e. The molecule has 1 heterocycles. The van der Waals surface area contributed by atoms with E-state index in [2.05, 4.69) is 5.32 Å². The standard InChI is InChI=1S/C26H24F2N2O2/c27-22-9-6-20(7-10-22)21-8-11-23(24(28)15-21)26(32)29-16-19-14-25(31)30(17-19)13-12-18-4-2-1-3-5-18/h1-11,15,19H,12-14,16-17H2,(H,29,32)/t19-/m1/s1. The Balaban J connectivity index is 1.30. The SMILES string of the molecule is O=C(NC[C@H]1CC(=O)N(CCc2ccccc2)C1)c1ccc(-c2ccc(F)cc2)cc1F. The van der Waals surface area contributed by atoms with Gasteiger partial charge < -0.3 is 10.2 Å². The molecule has 1 fully saturated rings. The molecule has 0 spiro atoms. The Morgan fingerprint density at radius 1 is 0.969 bits per heavy atom. The lowest BCUT2D eigenvalue weighted by Gasteiger charge is -2.17. The number of hydrogen-bond donors (Lipinski definition) is 1. The van der Waals surface area contributed by atoms with Gasteiger partial charge in [0.1, 0.15) is 11.6 Å². The van der Waals surface area contributed by atoms with Crippen molar-refractivity contribution in [2.75, 3.05) is 19.6 Å². The lowest BCUT2D eigenvalue weighted by molar-refractivity contribution is -0.127. The number of rotatable bonds is 7. The Labute approximate surface area is 185 Å². The molecular formula is C26H24F2N2O2. The lowest BCUT2D eigenvalue weighted by Crippen LogP contribution is -2.32. The summed E-state index contributed by atoms with van der Waals surface area (Å²) in [5, 5.41) is 2.76. The third-order valence-corrected chi connectivity index (χ3v) is 5.75. The van der Waals surface area contributed by atoms with Crippen LogP contribution in [-0.2, 0) is 11.2 Å². The quantitative estimate of drug-likeness (QED) is 0.597. The predicted octanol–water partition coefficient (Wildman–Crippen LogP) is 4.45. The van der Waals surface area contributed by atoms with Crippen LogP contribution in [0, 0.1) is 17.6 Å². The Bertz CT molecular complexity index is 1100. The van der Waals surface area contributed by atoms with Crippen molar-refractivity contribution in [2.45, 2.75) is 12.8 Å². The minimum atomic E-state index is -0.642. The van der Waals surface area contributed by atoms with E-state index in [9.17, 15) is 18.4 Å². The predicted molar refractivity (Wildman–Crippen MR) is 119 cm³/mol. The molecule has 1 atom stereocenters. The summed E-state index contributed by atoms with van der Waals surface area (Å²) in [5.41, 5.74) is 2.35. The van der Waals surface area contributed by atoms with Crippen molar-refractivity contribution < 1.29 is 18.4 Å². The molecule has 1 aliphatic heterocycles. The number of carbonyl (C=O) groups is 2. The van der Waals surface area contributed by atoms with Gasteiger partial charge in [-0.1, -0.05) is 48.5 Å². The van der Waals surface area contributed by atoms with Gasteiger partial charge in [-0.2, -0.15) is 0 Å². The second-order valence-electron chi connectivity index (χ2n) is 8.06. The van der Waals surface area contributed by atoms with E-state index in [1.807, 2.05) is 35.2 Å². The first-order chi connectivity index (χ1) is 15.5. The van der Waals surface area contributed by atoms with E-state index in [0.717, 1.165) is 6.42 Å². The van der Waals surface area contributed by atoms with E-state index in [0.29, 0.717) is 37.2 Å². The molecule has 4 rings (SSSR count). The molecule has 3 aromatic rings. The third kappa shape index (κ3) is 5.19. The Morgan fingerprint density at radius 3 is 2.41 bits per heavy atom. The number of hydrogen-bond acceptors (Lipinski definition) is 2. The second-order valence-corrected chi connectivity index (χ2v) is 8.06. The molecule has 0 radical (unpaired) electrons. The number of carbonyl (C=O) groups excluding carboxylic acids is 2. The molecule has 164 valence electrons. The van der Waals surface area contributed by atoms with Crippen molar-refractivity contribution in [3.8, 4) is 11.1 Å². The average Bonchev–Trinajstić information content (AvgIpc) is 3.16. The van der Waals surface area contributed by atoms with Gasteiger partial charge in [-0.25, -0.2) is 8.78 Å². The van der Waals surface area contributed by atoms with Crippen molar-refractivity contribution in [3.05, 3.63) is 95.6 Å². The van der Waals surface area contributed by atoms with E-state index >= 15 is 0 Å². The second kappa shape index (κ2) is 9.73. The van der Waals surface area contributed by atoms with Gasteiger partial charge >= 0.3 is 0 Å². The van der Waals surface area contributed by atoms with Crippen LogP contribution in [0.15, 0.2) is 72.8 Å². The molecular weight excluding hydrogens is 410 g/mol. The van der Waals surface area contributed by atoms with Crippen molar-refractivity contribution in [1.29, 1.82) is 0 Å². The molecule has 0 aliphatic carbocycles. The van der Waals surface area contributed by atoms with Gasteiger partial charge in [-0.15, -0.1) is 0 Å². The zero-order chi connectivity index (χ0) is 22.5. The zero-order valence-corrected chi connectivity index (χ0v) is 17.6. The van der Waals surface area contributed by atoms with Crippen LogP contribution in [0.4, 0.5) is 8.78 Å². The van der Waals surface area contributed by atoms with E-state index in [1.54, 1.807) is 18.2 Å². The Hall–Kier alpha value is -3.54. The lowest BCUT2D eigenvalue weighted by atomic mass is 10.0. The fraction of sp³-hybridized carbons (Fsp3) is 0.231. The maximum absolute atomic E-state index is 14.6. The summed E-state index contributed by atoms with van der Waals surface area (Å²) < 4.78 is 27.6.